The monoisotopic (exact) mass is 373 g/mol. The van der Waals surface area contributed by atoms with E-state index in [1.165, 1.54) is 6.07 Å². The van der Waals surface area contributed by atoms with Crippen LogP contribution in [0.2, 0.25) is 5.02 Å². The highest BCUT2D eigenvalue weighted by atomic mass is 35.5. The predicted octanol–water partition coefficient (Wildman–Crippen LogP) is 3.64. The van der Waals surface area contributed by atoms with Crippen LogP contribution in [0.5, 0.6) is 5.88 Å². The van der Waals surface area contributed by atoms with E-state index >= 15 is 0 Å². The third-order valence-corrected chi connectivity index (χ3v) is 2.96. The van der Waals surface area contributed by atoms with Gasteiger partial charge in [0.15, 0.2) is 6.61 Å². The van der Waals surface area contributed by atoms with Crippen LogP contribution >= 0.6 is 11.6 Å². The van der Waals surface area contributed by atoms with Crippen LogP contribution in [0.15, 0.2) is 42.6 Å². The summed E-state index contributed by atoms with van der Waals surface area (Å²) in [6.07, 6.45) is -3.49. The number of nitrogens with zero attached hydrogens (tertiary/aromatic N) is 1. The van der Waals surface area contributed by atoms with E-state index in [0.29, 0.717) is 10.7 Å². The average Bonchev–Trinajstić information content (AvgIpc) is 2.55. The van der Waals surface area contributed by atoms with E-state index in [-0.39, 0.29) is 11.4 Å². The Bertz CT molecular complexity index is 749. The summed E-state index contributed by atoms with van der Waals surface area (Å²) in [6, 6.07) is 7.69. The van der Waals surface area contributed by atoms with Gasteiger partial charge in [0.1, 0.15) is 0 Å². The second kappa shape index (κ2) is 7.84. The molecule has 0 saturated heterocycles. The van der Waals surface area contributed by atoms with Crippen molar-refractivity contribution >= 4 is 29.2 Å². The number of carbonyl (C=O) groups is 2. The minimum atomic E-state index is -4.49. The molecule has 25 heavy (non-hydrogen) atoms. The minimum absolute atomic E-state index is 0.0226. The molecule has 2 rings (SSSR count). The molecule has 3 amide bonds. The van der Waals surface area contributed by atoms with Gasteiger partial charge in [-0.05, 0) is 30.3 Å². The molecule has 2 N–H and O–H groups in total. The van der Waals surface area contributed by atoms with Gasteiger partial charge in [0.25, 0.3) is 5.91 Å². The molecule has 6 nitrogen and oxygen atoms in total. The van der Waals surface area contributed by atoms with E-state index in [1.54, 1.807) is 24.3 Å². The SMILES string of the molecule is O=C(NC(=O)c1ccc(OCC(F)(F)F)nc1)Nc1ccc(Cl)cc1. The largest absolute Gasteiger partial charge is 0.468 e. The molecule has 0 spiro atoms. The molecule has 1 heterocycles. The normalized spacial score (nSPS) is 10.9. The number of pyridine rings is 1. The lowest BCUT2D eigenvalue weighted by molar-refractivity contribution is -0.154. The van der Waals surface area contributed by atoms with Crippen LogP contribution in [0.1, 0.15) is 10.4 Å². The molecular weight excluding hydrogens is 363 g/mol. The number of hydrogen-bond acceptors (Lipinski definition) is 4. The zero-order valence-electron chi connectivity index (χ0n) is 12.4. The van der Waals surface area contributed by atoms with Crippen molar-refractivity contribution in [3.8, 4) is 5.88 Å². The summed E-state index contributed by atoms with van der Waals surface area (Å²) >= 11 is 5.71. The molecule has 0 saturated carbocycles. The minimum Gasteiger partial charge on any atom is -0.468 e. The van der Waals surface area contributed by atoms with Gasteiger partial charge in [0.05, 0.1) is 5.56 Å². The first kappa shape index (κ1) is 18.5. The third-order valence-electron chi connectivity index (χ3n) is 2.71. The Morgan fingerprint density at radius 1 is 1.12 bits per heavy atom. The fourth-order valence-corrected chi connectivity index (χ4v) is 1.75. The van der Waals surface area contributed by atoms with Crippen LogP contribution in [-0.4, -0.2) is 29.7 Å². The highest BCUT2D eigenvalue weighted by molar-refractivity contribution is 6.30. The van der Waals surface area contributed by atoms with Gasteiger partial charge in [0.2, 0.25) is 5.88 Å². The Kier molecular flexibility index (Phi) is 5.81. The lowest BCUT2D eigenvalue weighted by atomic mass is 10.2. The molecular formula is C15H11ClF3N3O3. The summed E-state index contributed by atoms with van der Waals surface area (Å²) in [7, 11) is 0. The number of alkyl halides is 3. The van der Waals surface area contributed by atoms with Crippen LogP contribution in [0.25, 0.3) is 0 Å². The fraction of sp³-hybridized carbons (Fsp3) is 0.133. The fourth-order valence-electron chi connectivity index (χ4n) is 1.63. The van der Waals surface area contributed by atoms with Crippen molar-refractivity contribution < 1.29 is 27.5 Å². The molecule has 0 aliphatic heterocycles. The molecule has 10 heteroatoms. The molecule has 0 radical (unpaired) electrons. The van der Waals surface area contributed by atoms with Crippen molar-refractivity contribution in [1.29, 1.82) is 0 Å². The highest BCUT2D eigenvalue weighted by Gasteiger charge is 2.28. The number of anilines is 1. The van der Waals surface area contributed by atoms with Crippen LogP contribution in [0.4, 0.5) is 23.7 Å². The van der Waals surface area contributed by atoms with Crippen molar-refractivity contribution in [1.82, 2.24) is 10.3 Å². The molecule has 0 unspecified atom stereocenters. The van der Waals surface area contributed by atoms with Crippen LogP contribution in [-0.2, 0) is 0 Å². The Balaban J connectivity index is 1.89. The first-order chi connectivity index (χ1) is 11.7. The maximum atomic E-state index is 12.0. The quantitative estimate of drug-likeness (QED) is 0.857. The number of halogens is 4. The Labute approximate surface area is 145 Å². The van der Waals surface area contributed by atoms with Crippen LogP contribution in [0.3, 0.4) is 0 Å². The Morgan fingerprint density at radius 2 is 1.80 bits per heavy atom. The van der Waals surface area contributed by atoms with E-state index < -0.39 is 24.7 Å². The van der Waals surface area contributed by atoms with E-state index in [0.717, 1.165) is 12.3 Å². The number of hydrogen-bond donors (Lipinski definition) is 2. The lowest BCUT2D eigenvalue weighted by Gasteiger charge is -2.09. The number of aromatic nitrogens is 1. The highest BCUT2D eigenvalue weighted by Crippen LogP contribution is 2.17. The van der Waals surface area contributed by atoms with Crippen molar-refractivity contribution in [2.45, 2.75) is 6.18 Å². The summed E-state index contributed by atoms with van der Waals surface area (Å²) in [6.45, 7) is -1.49. The summed E-state index contributed by atoms with van der Waals surface area (Å²) in [5.74, 6) is -1.07. The molecule has 2 aromatic rings. The van der Waals surface area contributed by atoms with E-state index in [2.05, 4.69) is 20.4 Å². The van der Waals surface area contributed by atoms with Gasteiger partial charge in [-0.1, -0.05) is 11.6 Å². The first-order valence-corrected chi connectivity index (χ1v) is 7.14. The zero-order valence-corrected chi connectivity index (χ0v) is 13.2. The number of imide groups is 1. The first-order valence-electron chi connectivity index (χ1n) is 6.76. The molecule has 1 aromatic carbocycles. The number of urea groups is 1. The molecule has 1 aromatic heterocycles. The van der Waals surface area contributed by atoms with E-state index in [4.69, 9.17) is 11.6 Å². The van der Waals surface area contributed by atoms with E-state index in [1.807, 2.05) is 0 Å². The molecule has 0 aliphatic rings. The lowest BCUT2D eigenvalue weighted by Crippen LogP contribution is -2.34. The molecule has 0 atom stereocenters. The molecule has 0 aliphatic carbocycles. The second-order valence-electron chi connectivity index (χ2n) is 4.70. The third kappa shape index (κ3) is 6.30. The van der Waals surface area contributed by atoms with Gasteiger partial charge in [-0.15, -0.1) is 0 Å². The Hall–Kier alpha value is -2.81. The number of ether oxygens (including phenoxy) is 1. The summed E-state index contributed by atoms with van der Waals surface area (Å²) in [5, 5.41) is 4.96. The smallest absolute Gasteiger partial charge is 0.422 e. The van der Waals surface area contributed by atoms with Crippen LogP contribution < -0.4 is 15.4 Å². The molecule has 0 fully saturated rings. The van der Waals surface area contributed by atoms with Gasteiger partial charge >= 0.3 is 12.2 Å². The van der Waals surface area contributed by atoms with Crippen LogP contribution in [0, 0.1) is 0 Å². The van der Waals surface area contributed by atoms with Crippen molar-refractivity contribution in [3.05, 3.63) is 53.2 Å². The Morgan fingerprint density at radius 3 is 2.36 bits per heavy atom. The maximum Gasteiger partial charge on any atom is 0.422 e. The summed E-state index contributed by atoms with van der Waals surface area (Å²) < 4.78 is 40.5. The summed E-state index contributed by atoms with van der Waals surface area (Å²) in [4.78, 5) is 27.2. The number of benzene rings is 1. The predicted molar refractivity (Wildman–Crippen MR) is 83.7 cm³/mol. The maximum absolute atomic E-state index is 12.0. The average molecular weight is 374 g/mol. The van der Waals surface area contributed by atoms with Crippen molar-refractivity contribution in [2.24, 2.45) is 0 Å². The van der Waals surface area contributed by atoms with Gasteiger partial charge < -0.3 is 10.1 Å². The number of rotatable bonds is 4. The number of amides is 3. The standard InChI is InChI=1S/C15H11ClF3N3O3/c16-10-2-4-11(5-3-10)21-14(24)22-13(23)9-1-6-12(20-7-9)25-8-15(17,18)19/h1-7H,8H2,(H2,21,22,23,24). The van der Waals surface area contributed by atoms with Gasteiger partial charge in [-0.2, -0.15) is 13.2 Å². The molecule has 0 bridgehead atoms. The van der Waals surface area contributed by atoms with Gasteiger partial charge in [-0.3, -0.25) is 10.1 Å². The topological polar surface area (TPSA) is 80.3 Å². The van der Waals surface area contributed by atoms with E-state index in [9.17, 15) is 22.8 Å². The zero-order chi connectivity index (χ0) is 18.4. The molecule has 132 valence electrons. The second-order valence-corrected chi connectivity index (χ2v) is 5.14. The number of carbonyl (C=O) groups excluding carboxylic acids is 2. The van der Waals surface area contributed by atoms with Crippen molar-refractivity contribution in [3.63, 3.8) is 0 Å². The number of nitrogens with one attached hydrogen (secondary N) is 2. The summed E-state index contributed by atoms with van der Waals surface area (Å²) in [5.41, 5.74) is 0.398. The van der Waals surface area contributed by atoms with Gasteiger partial charge in [0, 0.05) is 23.0 Å². The van der Waals surface area contributed by atoms with Crippen molar-refractivity contribution in [2.75, 3.05) is 11.9 Å². The van der Waals surface area contributed by atoms with Gasteiger partial charge in [-0.25, -0.2) is 9.78 Å².